The average Bonchev–Trinajstić information content (AvgIpc) is 2.83. The predicted octanol–water partition coefficient (Wildman–Crippen LogP) is 3.74. The van der Waals surface area contributed by atoms with E-state index in [-0.39, 0.29) is 25.0 Å². The van der Waals surface area contributed by atoms with Crippen LogP contribution in [0.2, 0.25) is 0 Å². The van der Waals surface area contributed by atoms with Crippen LogP contribution >= 0.6 is 0 Å². The topological polar surface area (TPSA) is 95.1 Å². The molecule has 0 heterocycles. The molecule has 0 atom stereocenters. The summed E-state index contributed by atoms with van der Waals surface area (Å²) in [5, 5.41) is 5.48. The van der Waals surface area contributed by atoms with E-state index in [1.807, 2.05) is 0 Å². The molecule has 3 aromatic carbocycles. The first-order valence-electron chi connectivity index (χ1n) is 9.79. The van der Waals surface area contributed by atoms with E-state index in [0.29, 0.717) is 34.4 Å². The van der Waals surface area contributed by atoms with Gasteiger partial charge in [-0.15, -0.1) is 0 Å². The van der Waals surface area contributed by atoms with Gasteiger partial charge in [0, 0.05) is 11.4 Å². The van der Waals surface area contributed by atoms with Gasteiger partial charge in [-0.3, -0.25) is 9.59 Å². The Hall–Kier alpha value is -4.20. The maximum absolute atomic E-state index is 12.0. The number of ether oxygens (including phenoxy) is 4. The quantitative estimate of drug-likeness (QED) is 0.503. The largest absolute Gasteiger partial charge is 0.497 e. The summed E-state index contributed by atoms with van der Waals surface area (Å²) in [5.41, 5.74) is 1.30. The van der Waals surface area contributed by atoms with Gasteiger partial charge in [0.05, 0.1) is 14.2 Å². The number of carbonyl (C=O) groups excluding carboxylic acids is 2. The fourth-order valence-electron chi connectivity index (χ4n) is 2.67. The Labute approximate surface area is 186 Å². The molecule has 0 saturated carbocycles. The highest BCUT2D eigenvalue weighted by atomic mass is 16.5. The van der Waals surface area contributed by atoms with Crippen LogP contribution in [0.5, 0.6) is 23.0 Å². The van der Waals surface area contributed by atoms with Crippen molar-refractivity contribution in [2.75, 3.05) is 38.1 Å². The van der Waals surface area contributed by atoms with Crippen molar-refractivity contribution in [3.05, 3.63) is 72.8 Å². The Bertz CT molecular complexity index is 933. The van der Waals surface area contributed by atoms with Crippen LogP contribution in [0.3, 0.4) is 0 Å². The number of carbonyl (C=O) groups is 2. The van der Waals surface area contributed by atoms with Crippen molar-refractivity contribution in [3.63, 3.8) is 0 Å². The van der Waals surface area contributed by atoms with Gasteiger partial charge >= 0.3 is 0 Å². The number of nitrogens with one attached hydrogen (secondary N) is 2. The van der Waals surface area contributed by atoms with Crippen LogP contribution in [0.4, 0.5) is 11.4 Å². The fourth-order valence-corrected chi connectivity index (χ4v) is 2.67. The molecule has 8 heteroatoms. The molecular formula is C24H24N2O6. The lowest BCUT2D eigenvalue weighted by Gasteiger charge is -2.10. The van der Waals surface area contributed by atoms with Crippen molar-refractivity contribution in [1.82, 2.24) is 0 Å². The highest BCUT2D eigenvalue weighted by Crippen LogP contribution is 2.19. The predicted molar refractivity (Wildman–Crippen MR) is 121 cm³/mol. The lowest BCUT2D eigenvalue weighted by Crippen LogP contribution is -2.20. The summed E-state index contributed by atoms with van der Waals surface area (Å²) in [5.74, 6) is 1.85. The van der Waals surface area contributed by atoms with Gasteiger partial charge in [0.25, 0.3) is 11.8 Å². The molecule has 3 rings (SSSR count). The first-order valence-corrected chi connectivity index (χ1v) is 9.79. The van der Waals surface area contributed by atoms with Gasteiger partial charge in [0.2, 0.25) is 0 Å². The minimum Gasteiger partial charge on any atom is -0.497 e. The van der Waals surface area contributed by atoms with E-state index in [4.69, 9.17) is 18.9 Å². The Morgan fingerprint density at radius 1 is 0.562 bits per heavy atom. The number of rotatable bonds is 10. The van der Waals surface area contributed by atoms with Crippen molar-refractivity contribution < 1.29 is 28.5 Å². The molecule has 0 saturated heterocycles. The molecule has 2 amide bonds. The second kappa shape index (κ2) is 11.3. The molecule has 3 aromatic rings. The van der Waals surface area contributed by atoms with Crippen molar-refractivity contribution in [1.29, 1.82) is 0 Å². The third kappa shape index (κ3) is 6.94. The summed E-state index contributed by atoms with van der Waals surface area (Å²) >= 11 is 0. The van der Waals surface area contributed by atoms with Crippen molar-refractivity contribution in [2.45, 2.75) is 0 Å². The minimum absolute atomic E-state index is 0.142. The molecule has 0 bridgehead atoms. The second-order valence-corrected chi connectivity index (χ2v) is 6.60. The maximum atomic E-state index is 12.0. The van der Waals surface area contributed by atoms with Crippen molar-refractivity contribution in [3.8, 4) is 23.0 Å². The van der Waals surface area contributed by atoms with Crippen molar-refractivity contribution in [2.24, 2.45) is 0 Å². The average molecular weight is 436 g/mol. The highest BCUT2D eigenvalue weighted by molar-refractivity contribution is 5.92. The third-order valence-electron chi connectivity index (χ3n) is 4.31. The normalized spacial score (nSPS) is 10.1. The molecule has 2 N–H and O–H groups in total. The summed E-state index contributed by atoms with van der Waals surface area (Å²) in [6, 6.07) is 20.7. The molecule has 0 aliphatic heterocycles. The number of methoxy groups -OCH3 is 2. The number of hydrogen-bond acceptors (Lipinski definition) is 6. The molecule has 32 heavy (non-hydrogen) atoms. The number of hydrogen-bond donors (Lipinski definition) is 2. The lowest BCUT2D eigenvalue weighted by atomic mass is 10.3. The molecule has 0 aliphatic rings. The molecule has 0 aromatic heterocycles. The van der Waals surface area contributed by atoms with E-state index in [1.54, 1.807) is 87.0 Å². The monoisotopic (exact) mass is 436 g/mol. The first kappa shape index (κ1) is 22.5. The Kier molecular flexibility index (Phi) is 7.91. The fraction of sp³-hybridized carbons (Fsp3) is 0.167. The van der Waals surface area contributed by atoms with Gasteiger partial charge < -0.3 is 29.6 Å². The van der Waals surface area contributed by atoms with Crippen LogP contribution in [0.15, 0.2) is 72.8 Å². The van der Waals surface area contributed by atoms with Gasteiger partial charge in [-0.25, -0.2) is 0 Å². The number of benzene rings is 3. The van der Waals surface area contributed by atoms with Crippen LogP contribution in [0.25, 0.3) is 0 Å². The molecule has 0 spiro atoms. The van der Waals surface area contributed by atoms with Crippen molar-refractivity contribution >= 4 is 23.2 Å². The zero-order valence-corrected chi connectivity index (χ0v) is 17.8. The zero-order valence-electron chi connectivity index (χ0n) is 17.8. The van der Waals surface area contributed by atoms with E-state index in [9.17, 15) is 9.59 Å². The smallest absolute Gasteiger partial charge is 0.262 e. The van der Waals surface area contributed by atoms with E-state index in [1.165, 1.54) is 0 Å². The van der Waals surface area contributed by atoms with E-state index in [0.717, 1.165) is 0 Å². The van der Waals surface area contributed by atoms with Crippen LogP contribution in [0, 0.1) is 0 Å². The standard InChI is InChI=1S/C24H24N2O6/c1-29-19-7-3-17(4-8-19)25-23(27)15-31-21-11-13-22(14-12-21)32-16-24(28)26-18-5-9-20(30-2)10-6-18/h3-14H,15-16H2,1-2H3,(H,25,27)(H,26,28). The summed E-state index contributed by atoms with van der Waals surface area (Å²) in [6.45, 7) is -0.285. The molecule has 0 radical (unpaired) electrons. The van der Waals surface area contributed by atoms with Crippen LogP contribution in [-0.2, 0) is 9.59 Å². The van der Waals surface area contributed by atoms with Gasteiger partial charge in [0.15, 0.2) is 13.2 Å². The lowest BCUT2D eigenvalue weighted by molar-refractivity contribution is -0.118. The minimum atomic E-state index is -0.286. The van der Waals surface area contributed by atoms with Crippen LogP contribution < -0.4 is 29.6 Å². The maximum Gasteiger partial charge on any atom is 0.262 e. The van der Waals surface area contributed by atoms with Crippen LogP contribution in [-0.4, -0.2) is 39.2 Å². The number of anilines is 2. The SMILES string of the molecule is COc1ccc(NC(=O)COc2ccc(OCC(=O)Nc3ccc(OC)cc3)cc2)cc1. The Balaban J connectivity index is 1.40. The second-order valence-electron chi connectivity index (χ2n) is 6.60. The Morgan fingerprint density at radius 3 is 1.19 bits per heavy atom. The van der Waals surface area contributed by atoms with Gasteiger partial charge in [-0.2, -0.15) is 0 Å². The third-order valence-corrected chi connectivity index (χ3v) is 4.31. The number of amides is 2. The van der Waals surface area contributed by atoms with Gasteiger partial charge in [-0.05, 0) is 72.8 Å². The molecule has 8 nitrogen and oxygen atoms in total. The van der Waals surface area contributed by atoms with E-state index >= 15 is 0 Å². The Morgan fingerprint density at radius 2 is 0.875 bits per heavy atom. The summed E-state index contributed by atoms with van der Waals surface area (Å²) in [6.07, 6.45) is 0. The van der Waals surface area contributed by atoms with E-state index in [2.05, 4.69) is 10.6 Å². The summed E-state index contributed by atoms with van der Waals surface area (Å²) in [4.78, 5) is 24.1. The molecular weight excluding hydrogens is 412 g/mol. The van der Waals surface area contributed by atoms with E-state index < -0.39 is 0 Å². The molecule has 0 fully saturated rings. The first-order chi connectivity index (χ1) is 15.6. The van der Waals surface area contributed by atoms with Gasteiger partial charge in [-0.1, -0.05) is 0 Å². The molecule has 0 aliphatic carbocycles. The molecule has 0 unspecified atom stereocenters. The zero-order chi connectivity index (χ0) is 22.8. The van der Waals surface area contributed by atoms with Gasteiger partial charge in [0.1, 0.15) is 23.0 Å². The molecule has 166 valence electrons. The highest BCUT2D eigenvalue weighted by Gasteiger charge is 2.06. The van der Waals surface area contributed by atoms with Crippen LogP contribution in [0.1, 0.15) is 0 Å². The summed E-state index contributed by atoms with van der Waals surface area (Å²) in [7, 11) is 3.16. The summed E-state index contributed by atoms with van der Waals surface area (Å²) < 4.78 is 21.1.